The summed E-state index contributed by atoms with van der Waals surface area (Å²) in [7, 11) is 0. The minimum atomic E-state index is -4.48. The molecule has 0 saturated heterocycles. The molecule has 132 valence electrons. The molecule has 1 saturated carbocycles. The zero-order valence-corrected chi connectivity index (χ0v) is 13.0. The maximum atomic E-state index is 12.7. The van der Waals surface area contributed by atoms with Gasteiger partial charge in [0, 0.05) is 5.69 Å². The van der Waals surface area contributed by atoms with E-state index in [0.29, 0.717) is 12.2 Å². The number of hydrogen-bond donors (Lipinski definition) is 2. The molecule has 5 nitrogen and oxygen atoms in total. The number of rotatable bonds is 5. The molecule has 1 aliphatic carbocycles. The fourth-order valence-electron chi connectivity index (χ4n) is 2.50. The van der Waals surface area contributed by atoms with Crippen molar-refractivity contribution in [2.45, 2.75) is 19.1 Å². The van der Waals surface area contributed by atoms with Gasteiger partial charge in [-0.15, -0.1) is 0 Å². The van der Waals surface area contributed by atoms with Crippen LogP contribution in [0, 0.1) is 11.8 Å². The number of carbonyl (C=O) groups is 2. The van der Waals surface area contributed by atoms with Crippen molar-refractivity contribution in [3.8, 4) is 0 Å². The molecule has 25 heavy (non-hydrogen) atoms. The van der Waals surface area contributed by atoms with E-state index in [1.165, 1.54) is 18.4 Å². The van der Waals surface area contributed by atoms with Crippen molar-refractivity contribution in [1.29, 1.82) is 0 Å². The molecule has 0 bridgehead atoms. The summed E-state index contributed by atoms with van der Waals surface area (Å²) >= 11 is 0. The van der Waals surface area contributed by atoms with Crippen LogP contribution >= 0.6 is 0 Å². The summed E-state index contributed by atoms with van der Waals surface area (Å²) in [6.07, 6.45) is -2.62. The number of alkyl halides is 3. The first-order valence-corrected chi connectivity index (χ1v) is 7.63. The normalized spacial score (nSPS) is 19.3. The highest BCUT2D eigenvalue weighted by molar-refractivity contribution is 5.99. The van der Waals surface area contributed by atoms with Gasteiger partial charge in [0.05, 0.1) is 30.2 Å². The van der Waals surface area contributed by atoms with Gasteiger partial charge in [0.15, 0.2) is 0 Å². The third-order valence-electron chi connectivity index (χ3n) is 3.94. The molecule has 2 unspecified atom stereocenters. The molecule has 2 amide bonds. The molecule has 1 aliphatic rings. The standard InChI is InChI=1S/C17H15F3N2O3/c18-17(19,20)10-3-1-4-11(7-10)22-16(24)14-8-13(14)15(23)21-9-12-5-2-6-25-12/h1-7,13-14H,8-9H2,(H,21,23)(H,22,24). The van der Waals surface area contributed by atoms with Crippen LogP contribution in [0.25, 0.3) is 0 Å². The second kappa shape index (κ2) is 6.62. The largest absolute Gasteiger partial charge is 0.467 e. The number of amides is 2. The molecule has 0 aliphatic heterocycles. The van der Waals surface area contributed by atoms with Crippen molar-refractivity contribution in [2.75, 3.05) is 5.32 Å². The van der Waals surface area contributed by atoms with Gasteiger partial charge in [-0.3, -0.25) is 9.59 Å². The zero-order chi connectivity index (χ0) is 18.0. The minimum Gasteiger partial charge on any atom is -0.467 e. The van der Waals surface area contributed by atoms with Gasteiger partial charge in [0.25, 0.3) is 0 Å². The molecule has 2 N–H and O–H groups in total. The van der Waals surface area contributed by atoms with E-state index >= 15 is 0 Å². The molecule has 3 rings (SSSR count). The predicted octanol–water partition coefficient (Wildman–Crippen LogP) is 3.19. The summed E-state index contributed by atoms with van der Waals surface area (Å²) in [6.45, 7) is 0.226. The Labute approximate surface area is 141 Å². The number of carbonyl (C=O) groups excluding carboxylic acids is 2. The lowest BCUT2D eigenvalue weighted by atomic mass is 10.2. The highest BCUT2D eigenvalue weighted by Crippen LogP contribution is 2.40. The molecule has 1 aromatic heterocycles. The van der Waals surface area contributed by atoms with E-state index in [0.717, 1.165) is 12.1 Å². The van der Waals surface area contributed by atoms with E-state index in [2.05, 4.69) is 10.6 Å². The van der Waals surface area contributed by atoms with Crippen LogP contribution < -0.4 is 10.6 Å². The van der Waals surface area contributed by atoms with Crippen LogP contribution in [0.15, 0.2) is 47.1 Å². The highest BCUT2D eigenvalue weighted by Gasteiger charge is 2.48. The van der Waals surface area contributed by atoms with Gasteiger partial charge >= 0.3 is 6.18 Å². The molecule has 2 atom stereocenters. The number of hydrogen-bond acceptors (Lipinski definition) is 3. The molecule has 8 heteroatoms. The first kappa shape index (κ1) is 17.1. The summed E-state index contributed by atoms with van der Waals surface area (Å²) in [5, 5.41) is 5.10. The van der Waals surface area contributed by atoms with Gasteiger partial charge in [-0.05, 0) is 36.8 Å². The smallest absolute Gasteiger partial charge is 0.416 e. The van der Waals surface area contributed by atoms with E-state index in [-0.39, 0.29) is 18.1 Å². The van der Waals surface area contributed by atoms with Gasteiger partial charge in [0.1, 0.15) is 5.76 Å². The van der Waals surface area contributed by atoms with Crippen LogP contribution in [0.4, 0.5) is 18.9 Å². The predicted molar refractivity (Wildman–Crippen MR) is 82.2 cm³/mol. The molecule has 1 aromatic carbocycles. The number of benzene rings is 1. The van der Waals surface area contributed by atoms with E-state index < -0.39 is 29.5 Å². The molecule has 0 radical (unpaired) electrons. The first-order chi connectivity index (χ1) is 11.8. The third-order valence-corrected chi connectivity index (χ3v) is 3.94. The van der Waals surface area contributed by atoms with Crippen LogP contribution in [0.3, 0.4) is 0 Å². The second-order valence-electron chi connectivity index (χ2n) is 5.81. The molecule has 1 heterocycles. The maximum Gasteiger partial charge on any atom is 0.416 e. The summed E-state index contributed by atoms with van der Waals surface area (Å²) in [5.41, 5.74) is -0.782. The van der Waals surface area contributed by atoms with Gasteiger partial charge < -0.3 is 15.1 Å². The third kappa shape index (κ3) is 4.20. The lowest BCUT2D eigenvalue weighted by Crippen LogP contribution is -2.26. The van der Waals surface area contributed by atoms with Crippen molar-refractivity contribution in [3.05, 3.63) is 54.0 Å². The zero-order valence-electron chi connectivity index (χ0n) is 13.0. The fraction of sp³-hybridized carbons (Fsp3) is 0.294. The number of nitrogens with one attached hydrogen (secondary N) is 2. The van der Waals surface area contributed by atoms with Crippen LogP contribution in [0.2, 0.25) is 0 Å². The Bertz CT molecular complexity index is 772. The van der Waals surface area contributed by atoms with E-state index in [4.69, 9.17) is 4.42 Å². The second-order valence-corrected chi connectivity index (χ2v) is 5.81. The van der Waals surface area contributed by atoms with Crippen molar-refractivity contribution in [2.24, 2.45) is 11.8 Å². The van der Waals surface area contributed by atoms with Crippen LogP contribution in [-0.2, 0) is 22.3 Å². The van der Waals surface area contributed by atoms with Crippen LogP contribution in [0.1, 0.15) is 17.7 Å². The van der Waals surface area contributed by atoms with E-state index in [9.17, 15) is 22.8 Å². The fourth-order valence-corrected chi connectivity index (χ4v) is 2.50. The first-order valence-electron chi connectivity index (χ1n) is 7.63. The van der Waals surface area contributed by atoms with E-state index in [1.807, 2.05) is 0 Å². The monoisotopic (exact) mass is 352 g/mol. The Balaban J connectivity index is 1.52. The van der Waals surface area contributed by atoms with Gasteiger partial charge in [0.2, 0.25) is 11.8 Å². The number of halogens is 3. The Hall–Kier alpha value is -2.77. The molecule has 1 fully saturated rings. The SMILES string of the molecule is O=C(NCc1ccco1)C1CC1C(=O)Nc1cccc(C(F)(F)F)c1. The summed E-state index contributed by atoms with van der Waals surface area (Å²) in [6, 6.07) is 7.80. The number of furan rings is 1. The Morgan fingerprint density at radius 1 is 1.12 bits per heavy atom. The molecular weight excluding hydrogens is 337 g/mol. The van der Waals surface area contributed by atoms with Crippen molar-refractivity contribution in [3.63, 3.8) is 0 Å². The van der Waals surface area contributed by atoms with Gasteiger partial charge in [-0.25, -0.2) is 0 Å². The highest BCUT2D eigenvalue weighted by atomic mass is 19.4. The van der Waals surface area contributed by atoms with Crippen molar-refractivity contribution >= 4 is 17.5 Å². The van der Waals surface area contributed by atoms with Crippen LogP contribution in [-0.4, -0.2) is 11.8 Å². The van der Waals surface area contributed by atoms with Gasteiger partial charge in [-0.1, -0.05) is 6.07 Å². The maximum absolute atomic E-state index is 12.7. The van der Waals surface area contributed by atoms with Crippen molar-refractivity contribution in [1.82, 2.24) is 5.32 Å². The Morgan fingerprint density at radius 3 is 2.56 bits per heavy atom. The molecule has 2 aromatic rings. The Morgan fingerprint density at radius 2 is 1.88 bits per heavy atom. The van der Waals surface area contributed by atoms with Crippen LogP contribution in [0.5, 0.6) is 0 Å². The average Bonchev–Trinajstić information content (AvgIpc) is 3.20. The quantitative estimate of drug-likeness (QED) is 0.868. The molecular formula is C17H15F3N2O3. The number of anilines is 1. The Kier molecular flexibility index (Phi) is 4.52. The summed E-state index contributed by atoms with van der Waals surface area (Å²) in [4.78, 5) is 24.1. The lowest BCUT2D eigenvalue weighted by molar-refractivity contribution is -0.137. The average molecular weight is 352 g/mol. The van der Waals surface area contributed by atoms with E-state index in [1.54, 1.807) is 12.1 Å². The van der Waals surface area contributed by atoms with Crippen molar-refractivity contribution < 1.29 is 27.2 Å². The minimum absolute atomic E-state index is 0.0569. The summed E-state index contributed by atoms with van der Waals surface area (Å²) < 4.78 is 43.1. The van der Waals surface area contributed by atoms with Gasteiger partial charge in [-0.2, -0.15) is 13.2 Å². The molecule has 0 spiro atoms. The lowest BCUT2D eigenvalue weighted by Gasteiger charge is -2.10. The summed E-state index contributed by atoms with van der Waals surface area (Å²) in [5.74, 6) is -1.15. The topological polar surface area (TPSA) is 71.3 Å².